The third-order valence-corrected chi connectivity index (χ3v) is 3.62. The zero-order chi connectivity index (χ0) is 14.0. The van der Waals surface area contributed by atoms with Crippen LogP contribution in [-0.4, -0.2) is 17.1 Å². The molecule has 0 spiro atoms. The van der Waals surface area contributed by atoms with Crippen LogP contribution in [0.2, 0.25) is 0 Å². The predicted octanol–water partition coefficient (Wildman–Crippen LogP) is 2.59. The zero-order valence-electron chi connectivity index (χ0n) is 11.9. The number of rotatable bonds is 3. The standard InChI is InChI=1S/C16H23NO2/c1-16(2,3)9-8-14(19)17-15-12-7-5-4-6-11(12)10-13(15)18/h4-7,13,15,18H,8-10H2,1-3H3,(H,17,19). The third kappa shape index (κ3) is 3.57. The van der Waals surface area contributed by atoms with Gasteiger partial charge in [-0.15, -0.1) is 0 Å². The summed E-state index contributed by atoms with van der Waals surface area (Å²) in [5.74, 6) is 0.0238. The van der Waals surface area contributed by atoms with Crippen LogP contribution < -0.4 is 5.32 Å². The summed E-state index contributed by atoms with van der Waals surface area (Å²) >= 11 is 0. The van der Waals surface area contributed by atoms with Gasteiger partial charge in [0.15, 0.2) is 0 Å². The van der Waals surface area contributed by atoms with Crippen molar-refractivity contribution in [3.05, 3.63) is 35.4 Å². The van der Waals surface area contributed by atoms with Crippen molar-refractivity contribution in [3.8, 4) is 0 Å². The fraction of sp³-hybridized carbons (Fsp3) is 0.562. The molecule has 3 nitrogen and oxygen atoms in total. The molecule has 3 heteroatoms. The number of hydrogen-bond donors (Lipinski definition) is 2. The molecular formula is C16H23NO2. The summed E-state index contributed by atoms with van der Waals surface area (Å²) in [6.07, 6.45) is 1.48. The Labute approximate surface area is 115 Å². The maximum Gasteiger partial charge on any atom is 0.220 e. The fourth-order valence-corrected chi connectivity index (χ4v) is 2.48. The van der Waals surface area contributed by atoms with Crippen molar-refractivity contribution in [1.29, 1.82) is 0 Å². The lowest BCUT2D eigenvalue weighted by molar-refractivity contribution is -0.123. The summed E-state index contributed by atoms with van der Waals surface area (Å²) in [7, 11) is 0. The number of hydrogen-bond acceptors (Lipinski definition) is 2. The molecule has 19 heavy (non-hydrogen) atoms. The van der Waals surface area contributed by atoms with Crippen LogP contribution in [0.3, 0.4) is 0 Å². The molecule has 1 amide bonds. The summed E-state index contributed by atoms with van der Waals surface area (Å²) < 4.78 is 0. The minimum atomic E-state index is -0.504. The highest BCUT2D eigenvalue weighted by Gasteiger charge is 2.31. The van der Waals surface area contributed by atoms with Gasteiger partial charge >= 0.3 is 0 Å². The average Bonchev–Trinajstić information content (AvgIpc) is 2.63. The Kier molecular flexibility index (Phi) is 3.95. The summed E-state index contributed by atoms with van der Waals surface area (Å²) in [6.45, 7) is 6.37. The van der Waals surface area contributed by atoms with E-state index in [1.807, 2.05) is 24.3 Å². The number of amides is 1. The first-order chi connectivity index (χ1) is 8.87. The second-order valence-electron chi connectivity index (χ2n) is 6.58. The van der Waals surface area contributed by atoms with Crippen LogP contribution in [0.4, 0.5) is 0 Å². The van der Waals surface area contributed by atoms with Crippen LogP contribution in [0.5, 0.6) is 0 Å². The van der Waals surface area contributed by atoms with Gasteiger partial charge < -0.3 is 10.4 Å². The van der Waals surface area contributed by atoms with E-state index >= 15 is 0 Å². The Hall–Kier alpha value is -1.35. The van der Waals surface area contributed by atoms with Crippen molar-refractivity contribution in [3.63, 3.8) is 0 Å². The van der Waals surface area contributed by atoms with Crippen LogP contribution in [0.25, 0.3) is 0 Å². The van der Waals surface area contributed by atoms with E-state index in [1.165, 1.54) is 0 Å². The molecule has 0 bridgehead atoms. The lowest BCUT2D eigenvalue weighted by Crippen LogP contribution is -2.34. The van der Waals surface area contributed by atoms with Gasteiger partial charge in [-0.3, -0.25) is 4.79 Å². The van der Waals surface area contributed by atoms with Crippen LogP contribution in [0.15, 0.2) is 24.3 Å². The SMILES string of the molecule is CC(C)(C)CCC(=O)NC1c2ccccc2CC1O. The maximum absolute atomic E-state index is 12.0. The Morgan fingerprint density at radius 1 is 1.37 bits per heavy atom. The average molecular weight is 261 g/mol. The highest BCUT2D eigenvalue weighted by Crippen LogP contribution is 2.31. The second kappa shape index (κ2) is 5.33. The van der Waals surface area contributed by atoms with E-state index in [2.05, 4.69) is 26.1 Å². The summed E-state index contributed by atoms with van der Waals surface area (Å²) in [5, 5.41) is 13.0. The smallest absolute Gasteiger partial charge is 0.220 e. The van der Waals surface area contributed by atoms with E-state index in [4.69, 9.17) is 0 Å². The van der Waals surface area contributed by atoms with E-state index in [9.17, 15) is 9.90 Å². The Morgan fingerprint density at radius 3 is 2.74 bits per heavy atom. The predicted molar refractivity (Wildman–Crippen MR) is 75.7 cm³/mol. The lowest BCUT2D eigenvalue weighted by atomic mass is 9.90. The Morgan fingerprint density at radius 2 is 2.05 bits per heavy atom. The molecule has 1 aliphatic rings. The minimum Gasteiger partial charge on any atom is -0.390 e. The van der Waals surface area contributed by atoms with Gasteiger partial charge in [0, 0.05) is 12.8 Å². The van der Waals surface area contributed by atoms with Crippen molar-refractivity contribution in [1.82, 2.24) is 5.32 Å². The van der Waals surface area contributed by atoms with Crippen LogP contribution in [-0.2, 0) is 11.2 Å². The summed E-state index contributed by atoms with van der Waals surface area (Å²) in [4.78, 5) is 12.0. The van der Waals surface area contributed by atoms with Crippen LogP contribution in [0, 0.1) is 5.41 Å². The molecule has 0 aromatic heterocycles. The first kappa shape index (κ1) is 14.1. The topological polar surface area (TPSA) is 49.3 Å². The fourth-order valence-electron chi connectivity index (χ4n) is 2.48. The molecule has 2 N–H and O–H groups in total. The van der Waals surface area contributed by atoms with Crippen LogP contribution >= 0.6 is 0 Å². The maximum atomic E-state index is 12.0. The number of nitrogens with one attached hydrogen (secondary N) is 1. The molecule has 0 radical (unpaired) electrons. The first-order valence-corrected chi connectivity index (χ1v) is 6.92. The quantitative estimate of drug-likeness (QED) is 0.878. The van der Waals surface area contributed by atoms with Gasteiger partial charge in [-0.1, -0.05) is 45.0 Å². The second-order valence-corrected chi connectivity index (χ2v) is 6.58. The van der Waals surface area contributed by atoms with E-state index < -0.39 is 6.10 Å². The van der Waals surface area contributed by atoms with Gasteiger partial charge in [0.05, 0.1) is 12.1 Å². The number of carbonyl (C=O) groups excluding carboxylic acids is 1. The van der Waals surface area contributed by atoms with Gasteiger partial charge in [-0.2, -0.15) is 0 Å². The van der Waals surface area contributed by atoms with E-state index in [-0.39, 0.29) is 17.4 Å². The van der Waals surface area contributed by atoms with Crippen molar-refractivity contribution >= 4 is 5.91 Å². The number of aliphatic hydroxyl groups excluding tert-OH is 1. The number of benzene rings is 1. The third-order valence-electron chi connectivity index (χ3n) is 3.62. The number of fused-ring (bicyclic) bond motifs is 1. The molecule has 0 saturated heterocycles. The molecule has 1 aliphatic carbocycles. The molecule has 2 rings (SSSR count). The molecule has 0 fully saturated rings. The molecule has 1 aromatic carbocycles. The number of aliphatic hydroxyl groups is 1. The van der Waals surface area contributed by atoms with Crippen LogP contribution in [0.1, 0.15) is 50.8 Å². The normalized spacial score (nSPS) is 22.1. The number of carbonyl (C=O) groups is 1. The van der Waals surface area contributed by atoms with Gasteiger partial charge in [0.1, 0.15) is 0 Å². The molecule has 104 valence electrons. The van der Waals surface area contributed by atoms with E-state index in [0.717, 1.165) is 17.5 Å². The van der Waals surface area contributed by atoms with E-state index in [1.54, 1.807) is 0 Å². The summed E-state index contributed by atoms with van der Waals surface area (Å²) in [5.41, 5.74) is 2.35. The molecule has 2 atom stereocenters. The zero-order valence-corrected chi connectivity index (χ0v) is 11.9. The van der Waals surface area contributed by atoms with Gasteiger partial charge in [0.2, 0.25) is 5.91 Å². The largest absolute Gasteiger partial charge is 0.390 e. The Balaban J connectivity index is 1.98. The minimum absolute atomic E-state index is 0.0238. The van der Waals surface area contributed by atoms with Crippen molar-refractivity contribution in [2.75, 3.05) is 0 Å². The van der Waals surface area contributed by atoms with Crippen molar-refractivity contribution < 1.29 is 9.90 Å². The van der Waals surface area contributed by atoms with Gasteiger partial charge in [-0.25, -0.2) is 0 Å². The lowest BCUT2D eigenvalue weighted by Gasteiger charge is -2.21. The van der Waals surface area contributed by atoms with Gasteiger partial charge in [0.25, 0.3) is 0 Å². The molecule has 2 unspecified atom stereocenters. The highest BCUT2D eigenvalue weighted by atomic mass is 16.3. The monoisotopic (exact) mass is 261 g/mol. The first-order valence-electron chi connectivity index (χ1n) is 6.92. The highest BCUT2D eigenvalue weighted by molar-refractivity contribution is 5.76. The van der Waals surface area contributed by atoms with E-state index in [0.29, 0.717) is 12.8 Å². The Bertz CT molecular complexity index is 462. The molecular weight excluding hydrogens is 238 g/mol. The molecule has 0 saturated carbocycles. The summed E-state index contributed by atoms with van der Waals surface area (Å²) in [6, 6.07) is 7.67. The van der Waals surface area contributed by atoms with Crippen molar-refractivity contribution in [2.24, 2.45) is 5.41 Å². The molecule has 0 heterocycles. The van der Waals surface area contributed by atoms with Gasteiger partial charge in [-0.05, 0) is 23.0 Å². The molecule has 1 aromatic rings. The van der Waals surface area contributed by atoms with Crippen molar-refractivity contribution in [2.45, 2.75) is 52.2 Å². The molecule has 0 aliphatic heterocycles.